The first kappa shape index (κ1) is 18.5. The number of carbonyl (C=O) groups is 1. The number of nitrogens with zero attached hydrogens (tertiary/aromatic N) is 2. The van der Waals surface area contributed by atoms with Crippen LogP contribution in [0.5, 0.6) is 0 Å². The molecule has 2 heterocycles. The summed E-state index contributed by atoms with van der Waals surface area (Å²) >= 11 is 0. The molecule has 26 heavy (non-hydrogen) atoms. The summed E-state index contributed by atoms with van der Waals surface area (Å²) in [4.78, 5) is 18.4. The Hall–Kier alpha value is -2.31. The average molecular weight is 362 g/mol. The van der Waals surface area contributed by atoms with Crippen molar-refractivity contribution in [2.45, 2.75) is 51.1 Å². The first-order chi connectivity index (χ1) is 12.5. The van der Waals surface area contributed by atoms with Gasteiger partial charge in [0, 0.05) is 31.6 Å². The number of hydrogen-bond acceptors (Lipinski definition) is 5. The van der Waals surface area contributed by atoms with Crippen LogP contribution in [0.2, 0.25) is 0 Å². The molecular formula is C19H27FN4O2. The van der Waals surface area contributed by atoms with Crippen LogP contribution in [0, 0.1) is 5.82 Å². The summed E-state index contributed by atoms with van der Waals surface area (Å²) in [6.45, 7) is 3.68. The minimum absolute atomic E-state index is 0.212. The smallest absolute Gasteiger partial charge is 0.409 e. The van der Waals surface area contributed by atoms with Crippen LogP contribution in [0.25, 0.3) is 0 Å². The molecule has 2 aliphatic rings. The number of nitrogens with one attached hydrogen (secondary N) is 1. The molecule has 1 aromatic carbocycles. The molecule has 1 fully saturated rings. The van der Waals surface area contributed by atoms with E-state index in [9.17, 15) is 9.18 Å². The van der Waals surface area contributed by atoms with E-state index in [0.717, 1.165) is 25.7 Å². The van der Waals surface area contributed by atoms with E-state index in [2.05, 4.69) is 17.2 Å². The van der Waals surface area contributed by atoms with Crippen LogP contribution in [0.1, 0.15) is 51.0 Å². The fourth-order valence-electron chi connectivity index (χ4n) is 3.53. The first-order valence-electron chi connectivity index (χ1n) is 9.39. The van der Waals surface area contributed by atoms with Crippen molar-refractivity contribution >= 4 is 17.6 Å². The van der Waals surface area contributed by atoms with Gasteiger partial charge in [-0.25, -0.2) is 14.2 Å². The highest BCUT2D eigenvalue weighted by molar-refractivity contribution is 6.04. The predicted molar refractivity (Wildman–Crippen MR) is 99.8 cm³/mol. The zero-order valence-corrected chi connectivity index (χ0v) is 15.3. The van der Waals surface area contributed by atoms with Crippen molar-refractivity contribution in [1.82, 2.24) is 4.90 Å². The normalized spacial score (nSPS) is 18.1. The van der Waals surface area contributed by atoms with E-state index in [1.165, 1.54) is 6.07 Å². The lowest BCUT2D eigenvalue weighted by Crippen LogP contribution is -2.52. The molecule has 0 atom stereocenters. The number of unbranched alkanes of at least 4 members (excludes halogenated alkanes) is 3. The summed E-state index contributed by atoms with van der Waals surface area (Å²) in [6.07, 6.45) is 5.25. The maximum atomic E-state index is 14.0. The highest BCUT2D eigenvalue weighted by Crippen LogP contribution is 2.35. The Bertz CT molecular complexity index is 684. The van der Waals surface area contributed by atoms with Gasteiger partial charge in [0.25, 0.3) is 0 Å². The number of ether oxygens (including phenoxy) is 1. The quantitative estimate of drug-likeness (QED) is 0.786. The van der Waals surface area contributed by atoms with Crippen molar-refractivity contribution < 1.29 is 13.9 Å². The molecule has 0 aromatic heterocycles. The number of halogens is 1. The Kier molecular flexibility index (Phi) is 5.64. The molecule has 1 saturated heterocycles. The van der Waals surface area contributed by atoms with Crippen LogP contribution >= 0.6 is 0 Å². The Balaban J connectivity index is 1.56. The van der Waals surface area contributed by atoms with Gasteiger partial charge in [-0.2, -0.15) is 0 Å². The zero-order chi connectivity index (χ0) is 18.6. The highest BCUT2D eigenvalue weighted by Gasteiger charge is 2.39. The van der Waals surface area contributed by atoms with Crippen molar-refractivity contribution in [3.8, 4) is 0 Å². The molecule has 0 bridgehead atoms. The summed E-state index contributed by atoms with van der Waals surface area (Å²) < 4.78 is 19.3. The number of anilines is 1. The second kappa shape index (κ2) is 7.93. The first-order valence-corrected chi connectivity index (χ1v) is 9.39. The van der Waals surface area contributed by atoms with Crippen molar-refractivity contribution in [3.05, 3.63) is 29.6 Å². The molecule has 1 spiro atoms. The Morgan fingerprint density at radius 1 is 1.35 bits per heavy atom. The molecule has 3 N–H and O–H groups in total. The fraction of sp³-hybridized carbons (Fsp3) is 0.579. The van der Waals surface area contributed by atoms with E-state index in [-0.39, 0.29) is 17.7 Å². The molecule has 1 aromatic rings. The van der Waals surface area contributed by atoms with Gasteiger partial charge in [0.15, 0.2) is 0 Å². The molecule has 142 valence electrons. The lowest BCUT2D eigenvalue weighted by molar-refractivity contribution is 0.0851. The third-order valence-electron chi connectivity index (χ3n) is 5.04. The molecule has 7 heteroatoms. The molecule has 0 saturated carbocycles. The van der Waals surface area contributed by atoms with E-state index in [1.807, 2.05) is 0 Å². The molecule has 2 aliphatic heterocycles. The standard InChI is InChI=1S/C19H27FN4O2/c1-2-3-4-5-13-26-18(25)24-11-9-19(10-12-24)22-15-8-6-7-14(20)16(15)17(21)23-19/h6-8,22H,2-5,9-13H2,1H3,(H2,21,23). The van der Waals surface area contributed by atoms with Crippen LogP contribution < -0.4 is 11.1 Å². The number of aliphatic imine (C=N–C) groups is 1. The van der Waals surface area contributed by atoms with Gasteiger partial charge in [-0.05, 0) is 18.6 Å². The number of nitrogens with two attached hydrogens (primary N) is 1. The third kappa shape index (κ3) is 3.92. The largest absolute Gasteiger partial charge is 0.449 e. The van der Waals surface area contributed by atoms with Crippen molar-refractivity contribution in [1.29, 1.82) is 0 Å². The van der Waals surface area contributed by atoms with E-state index in [4.69, 9.17) is 10.5 Å². The van der Waals surface area contributed by atoms with Gasteiger partial charge in [-0.15, -0.1) is 0 Å². The van der Waals surface area contributed by atoms with E-state index in [1.54, 1.807) is 17.0 Å². The molecule has 0 unspecified atom stereocenters. The van der Waals surface area contributed by atoms with Gasteiger partial charge in [-0.1, -0.05) is 32.3 Å². The molecule has 6 nitrogen and oxygen atoms in total. The summed E-state index contributed by atoms with van der Waals surface area (Å²) in [7, 11) is 0. The Labute approximate surface area is 153 Å². The zero-order valence-electron chi connectivity index (χ0n) is 15.3. The lowest BCUT2D eigenvalue weighted by atomic mass is 9.94. The third-order valence-corrected chi connectivity index (χ3v) is 5.04. The van der Waals surface area contributed by atoms with Crippen LogP contribution in [0.3, 0.4) is 0 Å². The van der Waals surface area contributed by atoms with Crippen molar-refractivity contribution in [2.24, 2.45) is 10.7 Å². The molecule has 0 radical (unpaired) electrons. The molecule has 3 rings (SSSR count). The van der Waals surface area contributed by atoms with Gasteiger partial charge < -0.3 is 20.7 Å². The maximum absolute atomic E-state index is 14.0. The SMILES string of the molecule is CCCCCCOC(=O)N1CCC2(CC1)N=C(N)c1c(F)cccc1N2. The number of amidine groups is 1. The van der Waals surface area contributed by atoms with E-state index in [0.29, 0.717) is 43.8 Å². The van der Waals surface area contributed by atoms with E-state index >= 15 is 0 Å². The number of piperidine rings is 1. The number of amides is 1. The number of likely N-dealkylation sites (tertiary alicyclic amines) is 1. The average Bonchev–Trinajstić information content (AvgIpc) is 2.61. The van der Waals surface area contributed by atoms with Crippen molar-refractivity contribution in [3.63, 3.8) is 0 Å². The maximum Gasteiger partial charge on any atom is 0.409 e. The van der Waals surface area contributed by atoms with E-state index < -0.39 is 5.66 Å². The minimum atomic E-state index is -0.581. The topological polar surface area (TPSA) is 80.0 Å². The van der Waals surface area contributed by atoms with Crippen LogP contribution in [0.15, 0.2) is 23.2 Å². The number of hydrogen-bond donors (Lipinski definition) is 2. The van der Waals surface area contributed by atoms with Gasteiger partial charge in [0.05, 0.1) is 12.2 Å². The van der Waals surface area contributed by atoms with Gasteiger partial charge in [0.1, 0.15) is 17.3 Å². The summed E-state index contributed by atoms with van der Waals surface area (Å²) in [5, 5.41) is 3.32. The fourth-order valence-corrected chi connectivity index (χ4v) is 3.53. The molecule has 0 aliphatic carbocycles. The lowest BCUT2D eigenvalue weighted by Gasteiger charge is -2.42. The van der Waals surface area contributed by atoms with Gasteiger partial charge in [-0.3, -0.25) is 0 Å². The second-order valence-electron chi connectivity index (χ2n) is 6.98. The number of carbonyl (C=O) groups excluding carboxylic acids is 1. The second-order valence-corrected chi connectivity index (χ2v) is 6.98. The number of fused-ring (bicyclic) bond motifs is 1. The van der Waals surface area contributed by atoms with Gasteiger partial charge >= 0.3 is 6.09 Å². The number of benzene rings is 1. The minimum Gasteiger partial charge on any atom is -0.449 e. The summed E-state index contributed by atoms with van der Waals surface area (Å²) in [6, 6.07) is 4.83. The van der Waals surface area contributed by atoms with Crippen LogP contribution in [0.4, 0.5) is 14.9 Å². The van der Waals surface area contributed by atoms with Gasteiger partial charge in [0.2, 0.25) is 0 Å². The van der Waals surface area contributed by atoms with Crippen molar-refractivity contribution in [2.75, 3.05) is 25.0 Å². The van der Waals surface area contributed by atoms with Crippen LogP contribution in [-0.4, -0.2) is 42.2 Å². The monoisotopic (exact) mass is 362 g/mol. The Morgan fingerprint density at radius 2 is 2.12 bits per heavy atom. The van der Waals surface area contributed by atoms with Crippen LogP contribution in [-0.2, 0) is 4.74 Å². The number of rotatable bonds is 5. The molecule has 1 amide bonds. The predicted octanol–water partition coefficient (Wildman–Crippen LogP) is 3.47. The summed E-state index contributed by atoms with van der Waals surface area (Å²) in [5.41, 5.74) is 6.42. The highest BCUT2D eigenvalue weighted by atomic mass is 19.1. The molecular weight excluding hydrogens is 335 g/mol. The summed E-state index contributed by atoms with van der Waals surface area (Å²) in [5.74, 6) is -0.168. The Morgan fingerprint density at radius 3 is 2.85 bits per heavy atom.